The van der Waals surface area contributed by atoms with Crippen molar-refractivity contribution in [2.45, 2.75) is 108 Å². The Balaban J connectivity index is 1.71. The Morgan fingerprint density at radius 2 is 1.16 bits per heavy atom. The van der Waals surface area contributed by atoms with Gasteiger partial charge in [-0.1, -0.05) is 70.6 Å². The summed E-state index contributed by atoms with van der Waals surface area (Å²) in [6.45, 7) is 0.602. The van der Waals surface area contributed by atoms with Crippen molar-refractivity contribution in [1.29, 1.82) is 0 Å². The van der Waals surface area contributed by atoms with Crippen molar-refractivity contribution >= 4 is 16.0 Å². The van der Waals surface area contributed by atoms with E-state index in [2.05, 4.69) is 4.72 Å². The molecule has 6 heteroatoms. The van der Waals surface area contributed by atoms with Crippen LogP contribution >= 0.6 is 0 Å². The number of aliphatic carboxylic acids is 1. The van der Waals surface area contributed by atoms with Crippen LogP contribution in [0, 0.1) is 0 Å². The molecular formula is C19H37NO4S. The normalized spacial score (nSPS) is 14.7. The first-order chi connectivity index (χ1) is 12.0. The first kappa shape index (κ1) is 22.4. The van der Waals surface area contributed by atoms with E-state index < -0.39 is 16.0 Å². The molecule has 25 heavy (non-hydrogen) atoms. The van der Waals surface area contributed by atoms with Gasteiger partial charge in [-0.3, -0.25) is 4.79 Å². The number of sulfonamides is 1. The minimum absolute atomic E-state index is 0.0998. The maximum absolute atomic E-state index is 11.6. The van der Waals surface area contributed by atoms with Gasteiger partial charge in [0.25, 0.3) is 0 Å². The average Bonchev–Trinajstić information content (AvgIpc) is 3.39. The highest BCUT2D eigenvalue weighted by atomic mass is 32.2. The molecule has 0 unspecified atom stereocenters. The Morgan fingerprint density at radius 3 is 1.56 bits per heavy atom. The summed E-state index contributed by atoms with van der Waals surface area (Å²) >= 11 is 0. The molecule has 1 rings (SSSR count). The highest BCUT2D eigenvalue weighted by molar-refractivity contribution is 7.90. The zero-order valence-electron chi connectivity index (χ0n) is 15.7. The monoisotopic (exact) mass is 375 g/mol. The molecule has 1 aliphatic carbocycles. The smallest absolute Gasteiger partial charge is 0.303 e. The second-order valence-electron chi connectivity index (χ2n) is 7.38. The number of nitrogens with one attached hydrogen (secondary N) is 1. The topological polar surface area (TPSA) is 83.5 Å². The molecule has 0 aliphatic heterocycles. The first-order valence-corrected chi connectivity index (χ1v) is 11.8. The van der Waals surface area contributed by atoms with Gasteiger partial charge in [-0.2, -0.15) is 0 Å². The summed E-state index contributed by atoms with van der Waals surface area (Å²) in [6.07, 6.45) is 17.2. The third-order valence-corrected chi connectivity index (χ3v) is 6.79. The average molecular weight is 376 g/mol. The largest absolute Gasteiger partial charge is 0.481 e. The molecule has 0 bridgehead atoms. The van der Waals surface area contributed by atoms with Crippen LogP contribution in [0.4, 0.5) is 0 Å². The molecule has 0 aromatic heterocycles. The van der Waals surface area contributed by atoms with Crippen LogP contribution in [0.1, 0.15) is 103 Å². The Bertz CT molecular complexity index is 446. The molecule has 0 aromatic rings. The van der Waals surface area contributed by atoms with Crippen LogP contribution in [0.2, 0.25) is 0 Å². The van der Waals surface area contributed by atoms with E-state index in [-0.39, 0.29) is 5.25 Å². The SMILES string of the molecule is O=C(O)CCCCCCCCCCCCCCCNS(=O)(=O)C1CC1. The van der Waals surface area contributed by atoms with Gasteiger partial charge in [0.2, 0.25) is 10.0 Å². The number of unbranched alkanes of at least 4 members (excludes halogenated alkanes) is 12. The standard InChI is InChI=1S/C19H37NO4S/c21-19(22)14-12-10-8-6-4-2-1-3-5-7-9-11-13-17-20-25(23,24)18-15-16-18/h18,20H,1-17H2,(H,21,22). The quantitative estimate of drug-likeness (QED) is 0.343. The van der Waals surface area contributed by atoms with Gasteiger partial charge in [0.05, 0.1) is 5.25 Å². The third-order valence-electron chi connectivity index (χ3n) is 4.83. The predicted molar refractivity (Wildman–Crippen MR) is 102 cm³/mol. The van der Waals surface area contributed by atoms with Crippen LogP contribution in [0.5, 0.6) is 0 Å². The summed E-state index contributed by atoms with van der Waals surface area (Å²) in [5, 5.41) is 8.44. The van der Waals surface area contributed by atoms with Crippen molar-refractivity contribution in [3.63, 3.8) is 0 Å². The molecule has 5 nitrogen and oxygen atoms in total. The lowest BCUT2D eigenvalue weighted by atomic mass is 10.0. The van der Waals surface area contributed by atoms with E-state index in [1.54, 1.807) is 0 Å². The zero-order valence-corrected chi connectivity index (χ0v) is 16.5. The lowest BCUT2D eigenvalue weighted by Crippen LogP contribution is -2.28. The van der Waals surface area contributed by atoms with Crippen molar-refractivity contribution in [2.75, 3.05) is 6.54 Å². The molecule has 0 saturated heterocycles. The van der Waals surface area contributed by atoms with E-state index in [1.165, 1.54) is 51.4 Å². The molecular weight excluding hydrogens is 338 g/mol. The van der Waals surface area contributed by atoms with E-state index in [0.717, 1.165) is 44.9 Å². The van der Waals surface area contributed by atoms with E-state index in [0.29, 0.717) is 13.0 Å². The fourth-order valence-electron chi connectivity index (χ4n) is 3.06. The fourth-order valence-corrected chi connectivity index (χ4v) is 4.48. The minimum atomic E-state index is -2.98. The molecule has 1 fully saturated rings. The zero-order chi connectivity index (χ0) is 18.4. The fraction of sp³-hybridized carbons (Fsp3) is 0.947. The second kappa shape index (κ2) is 13.6. The Hall–Kier alpha value is -0.620. The number of carboxylic acid groups (broad SMARTS) is 1. The molecule has 0 atom stereocenters. The molecule has 148 valence electrons. The lowest BCUT2D eigenvalue weighted by molar-refractivity contribution is -0.137. The van der Waals surface area contributed by atoms with Gasteiger partial charge in [0, 0.05) is 13.0 Å². The summed E-state index contributed by atoms with van der Waals surface area (Å²) in [7, 11) is -2.98. The van der Waals surface area contributed by atoms with Gasteiger partial charge in [-0.15, -0.1) is 0 Å². The van der Waals surface area contributed by atoms with Crippen molar-refractivity contribution in [3.05, 3.63) is 0 Å². The number of hydrogen-bond acceptors (Lipinski definition) is 3. The number of carboxylic acids is 1. The van der Waals surface area contributed by atoms with Crippen LogP contribution in [0.3, 0.4) is 0 Å². The maximum atomic E-state index is 11.6. The Labute approximate surface area is 154 Å². The van der Waals surface area contributed by atoms with Gasteiger partial charge >= 0.3 is 5.97 Å². The van der Waals surface area contributed by atoms with Gasteiger partial charge in [0.1, 0.15) is 0 Å². The molecule has 0 amide bonds. The van der Waals surface area contributed by atoms with E-state index in [9.17, 15) is 13.2 Å². The Morgan fingerprint density at radius 1 is 0.760 bits per heavy atom. The number of hydrogen-bond donors (Lipinski definition) is 2. The lowest BCUT2D eigenvalue weighted by Gasteiger charge is -2.05. The van der Waals surface area contributed by atoms with Crippen LogP contribution in [-0.4, -0.2) is 31.3 Å². The molecule has 1 aliphatic rings. The molecule has 2 N–H and O–H groups in total. The van der Waals surface area contributed by atoms with Gasteiger partial charge in [-0.05, 0) is 25.7 Å². The molecule has 0 radical (unpaired) electrons. The maximum Gasteiger partial charge on any atom is 0.303 e. The van der Waals surface area contributed by atoms with Crippen LogP contribution < -0.4 is 4.72 Å². The summed E-state index contributed by atoms with van der Waals surface area (Å²) < 4.78 is 26.0. The summed E-state index contributed by atoms with van der Waals surface area (Å²) in [5.41, 5.74) is 0. The second-order valence-corrected chi connectivity index (χ2v) is 9.42. The van der Waals surface area contributed by atoms with Crippen LogP contribution in [-0.2, 0) is 14.8 Å². The third kappa shape index (κ3) is 13.3. The van der Waals surface area contributed by atoms with E-state index in [4.69, 9.17) is 5.11 Å². The Kier molecular flexibility index (Phi) is 12.2. The summed E-state index contributed by atoms with van der Waals surface area (Å²) in [4.78, 5) is 10.4. The predicted octanol–water partition coefficient (Wildman–Crippen LogP) is 4.61. The van der Waals surface area contributed by atoms with Crippen LogP contribution in [0.25, 0.3) is 0 Å². The van der Waals surface area contributed by atoms with Crippen molar-refractivity contribution < 1.29 is 18.3 Å². The highest BCUT2D eigenvalue weighted by Crippen LogP contribution is 2.27. The van der Waals surface area contributed by atoms with Crippen molar-refractivity contribution in [2.24, 2.45) is 0 Å². The van der Waals surface area contributed by atoms with Gasteiger partial charge in [-0.25, -0.2) is 13.1 Å². The summed E-state index contributed by atoms with van der Waals surface area (Å²) in [5.74, 6) is -0.681. The minimum Gasteiger partial charge on any atom is -0.481 e. The van der Waals surface area contributed by atoms with Crippen molar-refractivity contribution in [3.8, 4) is 0 Å². The summed E-state index contributed by atoms with van der Waals surface area (Å²) in [6, 6.07) is 0. The van der Waals surface area contributed by atoms with E-state index in [1.807, 2.05) is 0 Å². The van der Waals surface area contributed by atoms with Gasteiger partial charge < -0.3 is 5.11 Å². The van der Waals surface area contributed by atoms with E-state index >= 15 is 0 Å². The number of rotatable bonds is 18. The molecule has 0 heterocycles. The molecule has 1 saturated carbocycles. The van der Waals surface area contributed by atoms with Crippen molar-refractivity contribution in [1.82, 2.24) is 4.72 Å². The van der Waals surface area contributed by atoms with Gasteiger partial charge in [0.15, 0.2) is 0 Å². The highest BCUT2D eigenvalue weighted by Gasteiger charge is 2.34. The first-order valence-electron chi connectivity index (χ1n) is 10.2. The molecule has 0 aromatic carbocycles. The molecule has 0 spiro atoms. The van der Waals surface area contributed by atoms with Crippen LogP contribution in [0.15, 0.2) is 0 Å². The number of carbonyl (C=O) groups is 1.